The number of allylic oxidation sites excluding steroid dienone is 5. The molecule has 1 N–H and O–H groups in total. The summed E-state index contributed by atoms with van der Waals surface area (Å²) in [6, 6.07) is 17.7. The Labute approximate surface area is 189 Å². The predicted molar refractivity (Wildman–Crippen MR) is 126 cm³/mol. The number of aromatic hydroxyl groups is 1. The number of rotatable bonds is 10. The Morgan fingerprint density at radius 1 is 1.03 bits per heavy atom. The number of hydrogen-bond acceptors (Lipinski definition) is 4. The van der Waals surface area contributed by atoms with Gasteiger partial charge in [0.15, 0.2) is 6.29 Å². The first-order chi connectivity index (χ1) is 15.2. The van der Waals surface area contributed by atoms with E-state index in [1.54, 1.807) is 26.4 Å². The molecule has 4 nitrogen and oxygen atoms in total. The molecule has 0 heterocycles. The van der Waals surface area contributed by atoms with Crippen LogP contribution >= 0.6 is 11.6 Å². The normalized spacial score (nSPS) is 16.8. The standard InChI is InChI=1S/C26H29ClO4/c1-29-25(30-2)18-31-23-14-10-21(11-15-23)26(20-8-12-22(28)13-9-20)24(16-17-27)19-6-4-3-5-7-19/h3-10,12-15,21,25,28H,11,16-18H2,1-2H3/b26-24-. The molecule has 1 aliphatic carbocycles. The number of hydrogen-bond donors (Lipinski definition) is 1. The fourth-order valence-electron chi connectivity index (χ4n) is 3.74. The van der Waals surface area contributed by atoms with Crippen LogP contribution in [0, 0.1) is 5.92 Å². The molecule has 31 heavy (non-hydrogen) atoms. The van der Waals surface area contributed by atoms with Crippen molar-refractivity contribution in [3.8, 4) is 5.75 Å². The maximum Gasteiger partial charge on any atom is 0.191 e. The van der Waals surface area contributed by atoms with Gasteiger partial charge in [-0.15, -0.1) is 11.6 Å². The molecule has 1 unspecified atom stereocenters. The van der Waals surface area contributed by atoms with Gasteiger partial charge in [0, 0.05) is 26.0 Å². The first kappa shape index (κ1) is 23.1. The van der Waals surface area contributed by atoms with Crippen LogP contribution in [0.25, 0.3) is 11.1 Å². The third-order valence-electron chi connectivity index (χ3n) is 5.32. The third-order valence-corrected chi connectivity index (χ3v) is 5.51. The van der Waals surface area contributed by atoms with Gasteiger partial charge in [-0.2, -0.15) is 0 Å². The van der Waals surface area contributed by atoms with E-state index in [4.69, 9.17) is 25.8 Å². The average Bonchev–Trinajstić information content (AvgIpc) is 2.82. The maximum atomic E-state index is 9.79. The molecule has 164 valence electrons. The predicted octanol–water partition coefficient (Wildman–Crippen LogP) is 6.03. The zero-order chi connectivity index (χ0) is 22.1. The summed E-state index contributed by atoms with van der Waals surface area (Å²) in [4.78, 5) is 0. The highest BCUT2D eigenvalue weighted by Gasteiger charge is 2.21. The van der Waals surface area contributed by atoms with Crippen molar-refractivity contribution >= 4 is 22.7 Å². The molecule has 0 saturated heterocycles. The molecule has 0 fully saturated rings. The smallest absolute Gasteiger partial charge is 0.191 e. The molecule has 0 radical (unpaired) electrons. The molecular formula is C26H29ClO4. The highest BCUT2D eigenvalue weighted by atomic mass is 35.5. The van der Waals surface area contributed by atoms with Crippen molar-refractivity contribution < 1.29 is 19.3 Å². The monoisotopic (exact) mass is 440 g/mol. The van der Waals surface area contributed by atoms with E-state index in [9.17, 15) is 5.11 Å². The Bertz CT molecular complexity index is 912. The number of halogens is 1. The SMILES string of the molecule is COC(COC1=CCC(/C(=C(/CCCl)c2ccccc2)c2ccc(O)cc2)C=C1)OC. The molecule has 0 aromatic heterocycles. The van der Waals surface area contributed by atoms with Crippen LogP contribution in [0.4, 0.5) is 0 Å². The second kappa shape index (κ2) is 11.8. The van der Waals surface area contributed by atoms with Gasteiger partial charge in [-0.3, -0.25) is 0 Å². The molecule has 1 aliphatic rings. The van der Waals surface area contributed by atoms with Crippen molar-refractivity contribution in [2.24, 2.45) is 5.92 Å². The Hall–Kier alpha value is -2.53. The Kier molecular flexibility index (Phi) is 8.77. The molecule has 2 aromatic carbocycles. The zero-order valence-electron chi connectivity index (χ0n) is 18.0. The van der Waals surface area contributed by atoms with Gasteiger partial charge in [-0.25, -0.2) is 0 Å². The van der Waals surface area contributed by atoms with Crippen LogP contribution in [0.1, 0.15) is 24.0 Å². The fraction of sp³-hybridized carbons (Fsp3) is 0.308. The highest BCUT2D eigenvalue weighted by Crippen LogP contribution is 2.39. The molecule has 1 atom stereocenters. The van der Waals surface area contributed by atoms with Crippen LogP contribution in [0.3, 0.4) is 0 Å². The van der Waals surface area contributed by atoms with Gasteiger partial charge in [-0.05, 0) is 59.4 Å². The summed E-state index contributed by atoms with van der Waals surface area (Å²) in [7, 11) is 3.19. The van der Waals surface area contributed by atoms with Gasteiger partial charge >= 0.3 is 0 Å². The third kappa shape index (κ3) is 6.23. The molecule has 0 aliphatic heterocycles. The average molecular weight is 441 g/mol. The van der Waals surface area contributed by atoms with Gasteiger partial charge < -0.3 is 19.3 Å². The molecule has 2 aromatic rings. The van der Waals surface area contributed by atoms with E-state index in [2.05, 4.69) is 24.3 Å². The van der Waals surface area contributed by atoms with Crippen LogP contribution in [-0.4, -0.2) is 38.1 Å². The first-order valence-electron chi connectivity index (χ1n) is 10.4. The van der Waals surface area contributed by atoms with Gasteiger partial charge in [0.1, 0.15) is 18.1 Å². The minimum atomic E-state index is -0.395. The number of ether oxygens (including phenoxy) is 3. The fourth-order valence-corrected chi connectivity index (χ4v) is 3.93. The summed E-state index contributed by atoms with van der Waals surface area (Å²) in [5.74, 6) is 1.75. The number of alkyl halides is 1. The number of methoxy groups -OCH3 is 2. The van der Waals surface area contributed by atoms with Crippen LogP contribution in [-0.2, 0) is 14.2 Å². The molecule has 0 spiro atoms. The summed E-state index contributed by atoms with van der Waals surface area (Å²) < 4.78 is 16.2. The number of phenolic OH excluding ortho intramolecular Hbond substituents is 1. The first-order valence-corrected chi connectivity index (χ1v) is 10.9. The van der Waals surface area contributed by atoms with Gasteiger partial charge in [-0.1, -0.05) is 48.5 Å². The lowest BCUT2D eigenvalue weighted by Gasteiger charge is -2.25. The second-order valence-corrected chi connectivity index (χ2v) is 7.64. The number of benzene rings is 2. The summed E-state index contributed by atoms with van der Waals surface area (Å²) in [5, 5.41) is 9.79. The summed E-state index contributed by atoms with van der Waals surface area (Å²) >= 11 is 6.22. The summed E-state index contributed by atoms with van der Waals surface area (Å²) in [5.41, 5.74) is 4.67. The summed E-state index contributed by atoms with van der Waals surface area (Å²) in [6.07, 6.45) is 7.42. The minimum absolute atomic E-state index is 0.163. The zero-order valence-corrected chi connectivity index (χ0v) is 18.7. The Morgan fingerprint density at radius 2 is 1.74 bits per heavy atom. The quantitative estimate of drug-likeness (QED) is 0.278. The van der Waals surface area contributed by atoms with Crippen molar-refractivity contribution in [3.05, 3.63) is 89.7 Å². The Morgan fingerprint density at radius 3 is 2.32 bits per heavy atom. The van der Waals surface area contributed by atoms with E-state index < -0.39 is 6.29 Å². The molecule has 0 saturated carbocycles. The van der Waals surface area contributed by atoms with Crippen molar-refractivity contribution in [1.82, 2.24) is 0 Å². The maximum absolute atomic E-state index is 9.79. The van der Waals surface area contributed by atoms with Crippen molar-refractivity contribution in [1.29, 1.82) is 0 Å². The van der Waals surface area contributed by atoms with Crippen LogP contribution in [0.5, 0.6) is 5.75 Å². The lowest BCUT2D eigenvalue weighted by atomic mass is 9.81. The topological polar surface area (TPSA) is 47.9 Å². The molecule has 3 rings (SSSR count). The van der Waals surface area contributed by atoms with Crippen molar-refractivity contribution in [3.63, 3.8) is 0 Å². The Balaban J connectivity index is 1.93. The molecule has 5 heteroatoms. The van der Waals surface area contributed by atoms with Crippen LogP contribution < -0.4 is 0 Å². The van der Waals surface area contributed by atoms with Crippen LogP contribution in [0.15, 0.2) is 78.6 Å². The van der Waals surface area contributed by atoms with E-state index >= 15 is 0 Å². The summed E-state index contributed by atoms with van der Waals surface area (Å²) in [6.45, 7) is 0.329. The van der Waals surface area contributed by atoms with E-state index in [0.717, 1.165) is 29.7 Å². The van der Waals surface area contributed by atoms with Crippen LogP contribution in [0.2, 0.25) is 0 Å². The van der Waals surface area contributed by atoms with Gasteiger partial charge in [0.25, 0.3) is 0 Å². The largest absolute Gasteiger partial charge is 0.508 e. The molecule has 0 amide bonds. The van der Waals surface area contributed by atoms with E-state index in [0.29, 0.717) is 12.5 Å². The highest BCUT2D eigenvalue weighted by molar-refractivity contribution is 6.18. The van der Waals surface area contributed by atoms with E-state index in [1.807, 2.05) is 36.4 Å². The lowest BCUT2D eigenvalue weighted by molar-refractivity contribution is -0.130. The van der Waals surface area contributed by atoms with Gasteiger partial charge in [0.2, 0.25) is 0 Å². The van der Waals surface area contributed by atoms with E-state index in [-0.39, 0.29) is 11.7 Å². The number of phenols is 1. The van der Waals surface area contributed by atoms with Gasteiger partial charge in [0.05, 0.1) is 0 Å². The second-order valence-electron chi connectivity index (χ2n) is 7.26. The van der Waals surface area contributed by atoms with Crippen molar-refractivity contribution in [2.45, 2.75) is 19.1 Å². The molecule has 0 bridgehead atoms. The van der Waals surface area contributed by atoms with E-state index in [1.165, 1.54) is 11.1 Å². The lowest BCUT2D eigenvalue weighted by Crippen LogP contribution is -2.20. The minimum Gasteiger partial charge on any atom is -0.508 e. The van der Waals surface area contributed by atoms with Crippen molar-refractivity contribution in [2.75, 3.05) is 26.7 Å². The molecular weight excluding hydrogens is 412 g/mol.